The molecule has 1 heterocycles. The van der Waals surface area contributed by atoms with Gasteiger partial charge in [-0.15, -0.1) is 0 Å². The van der Waals surface area contributed by atoms with Crippen molar-refractivity contribution in [2.45, 2.75) is 19.9 Å². The summed E-state index contributed by atoms with van der Waals surface area (Å²) < 4.78 is 0. The quantitative estimate of drug-likeness (QED) is 0.781. The number of allylic oxidation sites excluding steroid dienone is 1. The van der Waals surface area contributed by atoms with Crippen LogP contribution in [0.15, 0.2) is 40.5 Å². The summed E-state index contributed by atoms with van der Waals surface area (Å²) in [4.78, 5) is 26.9. The van der Waals surface area contributed by atoms with Gasteiger partial charge in [0.05, 0.1) is 11.3 Å². The van der Waals surface area contributed by atoms with E-state index in [2.05, 4.69) is 10.3 Å². The third-order valence-electron chi connectivity index (χ3n) is 3.19. The van der Waals surface area contributed by atoms with E-state index in [4.69, 9.17) is 5.73 Å². The van der Waals surface area contributed by atoms with E-state index >= 15 is 0 Å². The Balaban J connectivity index is 2.37. The molecule has 0 fully saturated rings. The van der Waals surface area contributed by atoms with Crippen molar-refractivity contribution in [3.8, 4) is 0 Å². The molecule has 1 atom stereocenters. The molecule has 116 valence electrons. The molecule has 2 rings (SSSR count). The molecule has 4 N–H and O–H groups in total. The van der Waals surface area contributed by atoms with E-state index in [1.807, 2.05) is 31.2 Å². The minimum Gasteiger partial charge on any atom is -0.478 e. The van der Waals surface area contributed by atoms with Crippen LogP contribution in [0, 0.1) is 6.92 Å². The maximum Gasteiger partial charge on any atom is 0.335 e. The van der Waals surface area contributed by atoms with Crippen LogP contribution < -0.4 is 11.1 Å². The van der Waals surface area contributed by atoms with E-state index in [0.29, 0.717) is 10.9 Å². The van der Waals surface area contributed by atoms with Gasteiger partial charge in [0.15, 0.2) is 5.17 Å². The van der Waals surface area contributed by atoms with E-state index in [0.717, 1.165) is 22.9 Å². The van der Waals surface area contributed by atoms with Gasteiger partial charge in [-0.1, -0.05) is 41.6 Å². The lowest BCUT2D eigenvalue weighted by atomic mass is 9.96. The number of aliphatic imine (C=N–C) groups is 1. The van der Waals surface area contributed by atoms with Crippen molar-refractivity contribution in [2.75, 3.05) is 5.75 Å². The lowest BCUT2D eigenvalue weighted by Gasteiger charge is -2.24. The zero-order valence-corrected chi connectivity index (χ0v) is 13.1. The van der Waals surface area contributed by atoms with Crippen LogP contribution >= 0.6 is 11.8 Å². The predicted molar refractivity (Wildman–Crippen MR) is 86.5 cm³/mol. The number of thioether (sulfide) groups is 1. The van der Waals surface area contributed by atoms with Crippen molar-refractivity contribution in [3.05, 3.63) is 46.7 Å². The number of rotatable bonds is 4. The minimum absolute atomic E-state index is 0.0855. The van der Waals surface area contributed by atoms with Gasteiger partial charge >= 0.3 is 5.97 Å². The maximum atomic E-state index is 11.5. The summed E-state index contributed by atoms with van der Waals surface area (Å²) in [6, 6.07) is 6.95. The first-order valence-corrected chi connectivity index (χ1v) is 7.63. The summed E-state index contributed by atoms with van der Waals surface area (Å²) >= 11 is 1.16. The molecule has 1 aromatic carbocycles. The molecule has 0 aromatic heterocycles. The topological polar surface area (TPSA) is 105 Å². The van der Waals surface area contributed by atoms with Gasteiger partial charge in [-0.25, -0.2) is 9.79 Å². The van der Waals surface area contributed by atoms with E-state index in [1.165, 1.54) is 0 Å². The van der Waals surface area contributed by atoms with Crippen molar-refractivity contribution in [1.82, 2.24) is 5.32 Å². The van der Waals surface area contributed by atoms with Crippen molar-refractivity contribution in [1.29, 1.82) is 0 Å². The number of nitrogens with zero attached hydrogens (tertiary/aromatic N) is 1. The van der Waals surface area contributed by atoms with Crippen LogP contribution in [0.4, 0.5) is 0 Å². The molecule has 6 nitrogen and oxygen atoms in total. The normalized spacial score (nSPS) is 17.7. The van der Waals surface area contributed by atoms with Crippen molar-refractivity contribution in [3.63, 3.8) is 0 Å². The molecule has 0 saturated carbocycles. The van der Waals surface area contributed by atoms with Gasteiger partial charge in [0.25, 0.3) is 0 Å². The zero-order valence-electron chi connectivity index (χ0n) is 12.3. The van der Waals surface area contributed by atoms with E-state index in [-0.39, 0.29) is 11.3 Å². The molecule has 1 unspecified atom stereocenters. The first kappa shape index (κ1) is 16.1. The Morgan fingerprint density at radius 1 is 1.32 bits per heavy atom. The Labute approximate surface area is 132 Å². The number of carboxylic acids is 1. The van der Waals surface area contributed by atoms with Crippen LogP contribution in [0.3, 0.4) is 0 Å². The molecule has 0 spiro atoms. The Morgan fingerprint density at radius 3 is 2.50 bits per heavy atom. The predicted octanol–water partition coefficient (Wildman–Crippen LogP) is 1.57. The van der Waals surface area contributed by atoms with Crippen LogP contribution in [-0.4, -0.2) is 27.9 Å². The smallest absolute Gasteiger partial charge is 0.335 e. The number of carbonyl (C=O) groups is 2. The number of carboxylic acid groups (broad SMARTS) is 1. The highest BCUT2D eigenvalue weighted by Crippen LogP contribution is 2.32. The summed E-state index contributed by atoms with van der Waals surface area (Å²) in [7, 11) is 0. The number of carbonyl (C=O) groups excluding carboxylic acids is 1. The molecule has 0 radical (unpaired) electrons. The summed E-state index contributed by atoms with van der Waals surface area (Å²) in [5.41, 5.74) is 7.73. The van der Waals surface area contributed by atoms with Gasteiger partial charge in [-0.05, 0) is 19.4 Å². The second-order valence-electron chi connectivity index (χ2n) is 4.97. The molecule has 1 aliphatic rings. The average Bonchev–Trinajstić information content (AvgIpc) is 2.44. The molecule has 1 amide bonds. The zero-order chi connectivity index (χ0) is 16.3. The van der Waals surface area contributed by atoms with Crippen LogP contribution in [0.25, 0.3) is 0 Å². The van der Waals surface area contributed by atoms with Gasteiger partial charge in [0.2, 0.25) is 5.91 Å². The minimum atomic E-state index is -1.02. The third kappa shape index (κ3) is 3.67. The van der Waals surface area contributed by atoms with Crippen LogP contribution in [0.5, 0.6) is 0 Å². The Morgan fingerprint density at radius 2 is 1.95 bits per heavy atom. The number of hydrogen-bond donors (Lipinski definition) is 3. The Kier molecular flexibility index (Phi) is 4.87. The summed E-state index contributed by atoms with van der Waals surface area (Å²) in [6.45, 7) is 3.65. The van der Waals surface area contributed by atoms with Crippen LogP contribution in [0.2, 0.25) is 0 Å². The molecule has 22 heavy (non-hydrogen) atoms. The lowest BCUT2D eigenvalue weighted by molar-refractivity contribution is -0.133. The van der Waals surface area contributed by atoms with E-state index in [1.54, 1.807) is 6.92 Å². The van der Waals surface area contributed by atoms with Gasteiger partial charge < -0.3 is 16.2 Å². The largest absolute Gasteiger partial charge is 0.478 e. The van der Waals surface area contributed by atoms with Gasteiger partial charge in [-0.2, -0.15) is 0 Å². The molecule has 1 aromatic rings. The highest BCUT2D eigenvalue weighted by molar-refractivity contribution is 8.14. The number of amidine groups is 1. The molecular weight excluding hydrogens is 302 g/mol. The number of hydrogen-bond acceptors (Lipinski definition) is 5. The number of benzene rings is 1. The monoisotopic (exact) mass is 319 g/mol. The molecule has 0 aliphatic carbocycles. The molecule has 7 heteroatoms. The first-order chi connectivity index (χ1) is 10.4. The van der Waals surface area contributed by atoms with Gasteiger partial charge in [0, 0.05) is 5.70 Å². The fourth-order valence-electron chi connectivity index (χ4n) is 2.13. The number of primary amides is 1. The van der Waals surface area contributed by atoms with Crippen LogP contribution in [-0.2, 0) is 9.59 Å². The molecule has 0 bridgehead atoms. The summed E-state index contributed by atoms with van der Waals surface area (Å²) in [5.74, 6) is -1.38. The fraction of sp³-hybridized carbons (Fsp3) is 0.267. The van der Waals surface area contributed by atoms with Crippen LogP contribution in [0.1, 0.15) is 24.1 Å². The van der Waals surface area contributed by atoms with E-state index in [9.17, 15) is 14.7 Å². The summed E-state index contributed by atoms with van der Waals surface area (Å²) in [5, 5.41) is 12.9. The summed E-state index contributed by atoms with van der Waals surface area (Å²) in [6.07, 6.45) is 0. The van der Waals surface area contributed by atoms with Gasteiger partial charge in [-0.3, -0.25) is 4.79 Å². The second kappa shape index (κ2) is 6.65. The number of aliphatic carboxylic acids is 1. The van der Waals surface area contributed by atoms with Crippen molar-refractivity contribution < 1.29 is 14.7 Å². The van der Waals surface area contributed by atoms with Crippen molar-refractivity contribution >= 4 is 28.8 Å². The molecular formula is C15H17N3O3S. The highest BCUT2D eigenvalue weighted by atomic mass is 32.2. The average molecular weight is 319 g/mol. The molecule has 1 aliphatic heterocycles. The number of aryl methyl sites for hydroxylation is 1. The Bertz CT molecular complexity index is 665. The second-order valence-corrected chi connectivity index (χ2v) is 5.94. The highest BCUT2D eigenvalue weighted by Gasteiger charge is 2.29. The SMILES string of the molecule is CC1=C(C(=O)O)C(c2ccc(C)cc2)N=C(SCC(N)=O)N1. The Hall–Kier alpha value is -2.28. The third-order valence-corrected chi connectivity index (χ3v) is 4.10. The standard InChI is InChI=1S/C15H17N3O3S/c1-8-3-5-10(6-4-8)13-12(14(20)21)9(2)17-15(18-13)22-7-11(16)19/h3-6,13H,7H2,1-2H3,(H2,16,19)(H,17,18)(H,20,21). The van der Waals surface area contributed by atoms with E-state index < -0.39 is 17.9 Å². The number of nitrogens with two attached hydrogens (primary N) is 1. The lowest BCUT2D eigenvalue weighted by Crippen LogP contribution is -2.30. The van der Waals surface area contributed by atoms with Gasteiger partial charge in [0.1, 0.15) is 6.04 Å². The number of nitrogens with one attached hydrogen (secondary N) is 1. The number of amides is 1. The van der Waals surface area contributed by atoms with Crippen molar-refractivity contribution in [2.24, 2.45) is 10.7 Å². The first-order valence-electron chi connectivity index (χ1n) is 6.65. The maximum absolute atomic E-state index is 11.5. The molecule has 0 saturated heterocycles. The fourth-order valence-corrected chi connectivity index (χ4v) is 2.81.